The molecule has 4 heterocycles. The van der Waals surface area contributed by atoms with E-state index in [1.165, 1.54) is 0 Å². The van der Waals surface area contributed by atoms with Crippen LogP contribution in [0.3, 0.4) is 0 Å². The Hall–Kier alpha value is -13.8. The molecule has 0 unspecified atom stereocenters. The second-order valence-electron chi connectivity index (χ2n) is 26.4. The maximum atomic E-state index is 11.2. The Morgan fingerprint density at radius 2 is 0.640 bits per heavy atom. The molecule has 20 rings (SSSR count). The molecule has 6 nitrogen and oxygen atoms in total. The van der Waals surface area contributed by atoms with Crippen LogP contribution in [0.1, 0.15) is 11.1 Å². The first-order valence-corrected chi connectivity index (χ1v) is 33.5. The van der Waals surface area contributed by atoms with E-state index in [2.05, 4.69) is 277 Å². The molecule has 0 N–H and O–H groups in total. The van der Waals surface area contributed by atoms with Crippen LogP contribution < -0.4 is 42.3 Å². The molecule has 16 aromatic carbocycles. The largest absolute Gasteiger partial charge is 0.461 e. The summed E-state index contributed by atoms with van der Waals surface area (Å²) in [6, 6.07) is 108. The Balaban J connectivity index is 1.06. The van der Waals surface area contributed by atoms with Crippen molar-refractivity contribution in [2.24, 2.45) is 0 Å². The molecule has 0 spiro atoms. The second-order valence-corrected chi connectivity index (χ2v) is 26.4. The number of nitrogens with zero attached hydrogens (tertiary/aromatic N) is 4. The SMILES string of the molecule is [C-]#[N+]c1ccc2c(c1)Oc1cc([N+]#[C-])cc3c1B2c1cc2c(-c4c(-c5ccccc5)cc(-c5ccccc5)cc4-c4ccccc4)cc4c5c(cc6c(-c7c(-c8ccccc8)cc(-c8ccccc8)cc7-c7ccccc7)cc-3c1c6c25)B1c2ccc(C#N)cc2Oc2cc(C#N)cc-4c21. The van der Waals surface area contributed by atoms with E-state index < -0.39 is 13.4 Å². The molecule has 8 heteroatoms. The van der Waals surface area contributed by atoms with Gasteiger partial charge in [0.1, 0.15) is 23.0 Å². The normalized spacial score (nSPS) is 12.3. The van der Waals surface area contributed by atoms with Crippen molar-refractivity contribution in [3.63, 3.8) is 0 Å². The smallest absolute Gasteiger partial charge is 0.252 e. The Morgan fingerprint density at radius 3 is 1.06 bits per heavy atom. The van der Waals surface area contributed by atoms with Crippen molar-refractivity contribution in [2.45, 2.75) is 0 Å². The minimum absolute atomic E-state index is 0.413. The molecule has 16 aromatic rings. The summed E-state index contributed by atoms with van der Waals surface area (Å²) in [7, 11) is 0. The van der Waals surface area contributed by atoms with Gasteiger partial charge < -0.3 is 9.47 Å². The Bertz CT molecular complexity index is 5920. The van der Waals surface area contributed by atoms with E-state index in [9.17, 15) is 10.5 Å². The number of hydrogen-bond acceptors (Lipinski definition) is 4. The van der Waals surface area contributed by atoms with Crippen LogP contribution in [0.4, 0.5) is 11.4 Å². The summed E-state index contributed by atoms with van der Waals surface area (Å²) in [5.41, 5.74) is 28.3. The van der Waals surface area contributed by atoms with Crippen LogP contribution in [-0.4, -0.2) is 13.4 Å². The van der Waals surface area contributed by atoms with Crippen molar-refractivity contribution in [3.8, 4) is 146 Å². The second kappa shape index (κ2) is 21.9. The zero-order valence-electron chi connectivity index (χ0n) is 53.5. The van der Waals surface area contributed by atoms with Crippen molar-refractivity contribution < 1.29 is 9.47 Å². The van der Waals surface area contributed by atoms with Gasteiger partial charge in [-0.15, -0.1) is 0 Å². The molecule has 100 heavy (non-hydrogen) atoms. The van der Waals surface area contributed by atoms with E-state index in [4.69, 9.17) is 22.6 Å². The topological polar surface area (TPSA) is 74.8 Å². The molecular weight excluding hydrogens is 1210 g/mol. The van der Waals surface area contributed by atoms with Gasteiger partial charge in [0.2, 0.25) is 0 Å². The molecule has 4 aliphatic heterocycles. The van der Waals surface area contributed by atoms with E-state index in [0.29, 0.717) is 45.5 Å². The van der Waals surface area contributed by atoms with E-state index in [1.54, 1.807) is 0 Å². The van der Waals surface area contributed by atoms with Crippen LogP contribution in [0.2, 0.25) is 0 Å². The van der Waals surface area contributed by atoms with Gasteiger partial charge in [0, 0.05) is 0 Å². The van der Waals surface area contributed by atoms with Crippen LogP contribution in [0.5, 0.6) is 23.0 Å². The lowest BCUT2D eigenvalue weighted by Crippen LogP contribution is -2.58. The molecule has 4 aliphatic rings. The summed E-state index contributed by atoms with van der Waals surface area (Å²) < 4.78 is 14.2. The summed E-state index contributed by atoms with van der Waals surface area (Å²) in [5, 5.41) is 28.1. The van der Waals surface area contributed by atoms with Crippen LogP contribution in [0.25, 0.3) is 153 Å². The van der Waals surface area contributed by atoms with Crippen molar-refractivity contribution in [1.82, 2.24) is 0 Å². The predicted molar refractivity (Wildman–Crippen MR) is 409 cm³/mol. The fourth-order valence-electron chi connectivity index (χ4n) is 17.0. The van der Waals surface area contributed by atoms with E-state index in [1.807, 2.05) is 36.4 Å². The number of fused-ring (bicyclic) bond motifs is 8. The van der Waals surface area contributed by atoms with Crippen LogP contribution in [0.15, 0.2) is 291 Å². The monoisotopic (exact) mass is 1260 g/mol. The third kappa shape index (κ3) is 8.36. The quantitative estimate of drug-likeness (QED) is 0.0863. The highest BCUT2D eigenvalue weighted by molar-refractivity contribution is 7.01. The van der Waals surface area contributed by atoms with Crippen molar-refractivity contribution in [1.29, 1.82) is 10.5 Å². The lowest BCUT2D eigenvalue weighted by Gasteiger charge is -2.38. The highest BCUT2D eigenvalue weighted by Gasteiger charge is 2.45. The molecule has 0 saturated carbocycles. The van der Waals surface area contributed by atoms with E-state index in [0.717, 1.165) is 176 Å². The van der Waals surface area contributed by atoms with Crippen molar-refractivity contribution in [2.75, 3.05) is 0 Å². The fraction of sp³-hybridized carbons (Fsp3) is 0. The third-order valence-electron chi connectivity index (χ3n) is 21.2. The number of rotatable bonds is 8. The molecule has 0 amide bonds. The van der Waals surface area contributed by atoms with Gasteiger partial charge in [0.25, 0.3) is 13.4 Å². The van der Waals surface area contributed by atoms with E-state index in [-0.39, 0.29) is 0 Å². The van der Waals surface area contributed by atoms with Crippen LogP contribution >= 0.6 is 0 Å². The van der Waals surface area contributed by atoms with Gasteiger partial charge in [-0.3, -0.25) is 0 Å². The Kier molecular flexibility index (Phi) is 12.4. The average Bonchev–Trinajstić information content (AvgIpc) is 0.665. The number of hydrogen-bond donors (Lipinski definition) is 0. The maximum Gasteiger partial charge on any atom is 0.252 e. The van der Waals surface area contributed by atoms with Crippen LogP contribution in [0, 0.1) is 35.8 Å². The van der Waals surface area contributed by atoms with Crippen LogP contribution in [-0.2, 0) is 0 Å². The first kappa shape index (κ1) is 56.6. The van der Waals surface area contributed by atoms with E-state index >= 15 is 0 Å². The molecule has 0 radical (unpaired) electrons. The summed E-state index contributed by atoms with van der Waals surface area (Å²) in [5.74, 6) is 2.31. The molecule has 454 valence electrons. The molecule has 0 atom stereocenters. The molecule has 0 saturated heterocycles. The standard InChI is InChI=1S/C92H48B2N4O2/c1-97-63-34-36-78-82(45-63)100-84-46-64(98-2)44-76-72-48-70(86-67(59-29-17-7-18-30-59)42-62(56-23-11-4-12-24-56)43-68(86)60-31-19-8-20-32-60)74-49-79-87-71(75-37-54(52-96)39-83-91(75)93(79)77-35-33-53(51-95)38-81(77)99-83)47-69(73-50-80(94(78)92(76)84)88(72)90(74)89(73)87)85-65(57-25-13-5-14-26-57)40-61(55-21-9-3-10-22-55)41-66(85)58-27-15-6-16-28-58/h3-50H. The van der Waals surface area contributed by atoms with Crippen molar-refractivity contribution in [3.05, 3.63) is 325 Å². The minimum Gasteiger partial charge on any atom is -0.461 e. The fourth-order valence-corrected chi connectivity index (χ4v) is 17.0. The lowest BCUT2D eigenvalue weighted by atomic mass is 9.31. The molecule has 0 bridgehead atoms. The number of nitriles is 2. The summed E-state index contributed by atoms with van der Waals surface area (Å²) in [6.07, 6.45) is 0. The van der Waals surface area contributed by atoms with Gasteiger partial charge >= 0.3 is 0 Å². The number of benzene rings is 16. The number of ether oxygens (including phenoxy) is 2. The summed E-state index contributed by atoms with van der Waals surface area (Å²) >= 11 is 0. The summed E-state index contributed by atoms with van der Waals surface area (Å²) in [4.78, 5) is 8.13. The van der Waals surface area contributed by atoms with Gasteiger partial charge in [-0.05, 0) is 244 Å². The van der Waals surface area contributed by atoms with Gasteiger partial charge in [-0.2, -0.15) is 10.5 Å². The van der Waals surface area contributed by atoms with Gasteiger partial charge in [-0.1, -0.05) is 223 Å². The zero-order valence-corrected chi connectivity index (χ0v) is 53.5. The summed E-state index contributed by atoms with van der Waals surface area (Å²) in [6.45, 7) is 16.2. The van der Waals surface area contributed by atoms with Crippen molar-refractivity contribution >= 4 is 89.9 Å². The average molecular weight is 1260 g/mol. The minimum atomic E-state index is -0.421. The zero-order chi connectivity index (χ0) is 66.4. The molecule has 0 fully saturated rings. The first-order chi connectivity index (χ1) is 49.4. The van der Waals surface area contributed by atoms with Gasteiger partial charge in [0.15, 0.2) is 11.4 Å². The first-order valence-electron chi connectivity index (χ1n) is 33.5. The highest BCUT2D eigenvalue weighted by Crippen LogP contribution is 2.56. The third-order valence-corrected chi connectivity index (χ3v) is 21.2. The maximum absolute atomic E-state index is 11.2. The predicted octanol–water partition coefficient (Wildman–Crippen LogP) is 20.0. The molecule has 0 aliphatic carbocycles. The molecular formula is C92H48B2N4O2. The Morgan fingerprint density at radius 1 is 0.270 bits per heavy atom. The van der Waals surface area contributed by atoms with Gasteiger partial charge in [-0.25, -0.2) is 9.69 Å². The molecule has 0 aromatic heterocycles. The highest BCUT2D eigenvalue weighted by atomic mass is 16.5. The van der Waals surface area contributed by atoms with Gasteiger partial charge in [0.05, 0.1) is 36.4 Å². The lowest BCUT2D eigenvalue weighted by molar-refractivity contribution is 0.487. The Labute approximate surface area is 577 Å².